The Morgan fingerprint density at radius 3 is 1.18 bits per heavy atom. The number of carbonyl (C=O) groups is 3. The summed E-state index contributed by atoms with van der Waals surface area (Å²) in [6.07, 6.45) is 20.7. The van der Waals surface area contributed by atoms with E-state index in [1.54, 1.807) is 11.2 Å². The summed E-state index contributed by atoms with van der Waals surface area (Å²) < 4.78 is 22.2. The van der Waals surface area contributed by atoms with Crippen molar-refractivity contribution in [3.8, 4) is 0 Å². The first-order chi connectivity index (χ1) is 46.3. The van der Waals surface area contributed by atoms with Gasteiger partial charge in [0.25, 0.3) is 0 Å². The van der Waals surface area contributed by atoms with E-state index in [9.17, 15) is 24.6 Å². The summed E-state index contributed by atoms with van der Waals surface area (Å²) in [5.74, 6) is 1.29. The molecule has 3 fully saturated rings. The van der Waals surface area contributed by atoms with E-state index in [0.29, 0.717) is 85.1 Å². The summed E-state index contributed by atoms with van der Waals surface area (Å²) >= 11 is 19.1. The first kappa shape index (κ1) is 74.7. The van der Waals surface area contributed by atoms with Crippen LogP contribution >= 0.6 is 34.8 Å². The third-order valence-electron chi connectivity index (χ3n) is 18.6. The lowest BCUT2D eigenvalue weighted by Gasteiger charge is -2.37. The summed E-state index contributed by atoms with van der Waals surface area (Å²) in [6.45, 7) is 23.6. The number of likely N-dealkylation sites (tertiary alicyclic amines) is 3. The van der Waals surface area contributed by atoms with Crippen LogP contribution in [-0.4, -0.2) is 134 Å². The van der Waals surface area contributed by atoms with Gasteiger partial charge in [-0.3, -0.25) is 15.0 Å². The normalized spacial score (nSPS) is 18.7. The van der Waals surface area contributed by atoms with Gasteiger partial charge in [0.05, 0.1) is 36.6 Å². The number of ether oxygens (including phenoxy) is 4. The molecule has 3 aliphatic heterocycles. The Morgan fingerprint density at radius 1 is 0.500 bits per heavy atom. The Morgan fingerprint density at radius 2 is 0.837 bits per heavy atom. The van der Waals surface area contributed by atoms with E-state index in [0.717, 1.165) is 106 Å². The number of rotatable bonds is 9. The van der Waals surface area contributed by atoms with E-state index in [1.807, 2.05) is 170 Å². The topological polar surface area (TPSA) is 177 Å². The van der Waals surface area contributed by atoms with Gasteiger partial charge in [-0.15, -0.1) is 0 Å². The molecule has 98 heavy (non-hydrogen) atoms. The molecule has 3 amide bonds. The summed E-state index contributed by atoms with van der Waals surface area (Å²) in [7, 11) is 0. The highest BCUT2D eigenvalue weighted by Crippen LogP contribution is 2.49. The minimum absolute atomic E-state index is 0. The van der Waals surface area contributed by atoms with Crippen LogP contribution in [0.4, 0.5) is 14.4 Å². The van der Waals surface area contributed by atoms with Crippen LogP contribution < -0.4 is 0 Å². The molecule has 6 aromatic rings. The Balaban J connectivity index is 0.000000171. The van der Waals surface area contributed by atoms with E-state index in [4.69, 9.17) is 68.7 Å². The van der Waals surface area contributed by atoms with E-state index < -0.39 is 16.8 Å². The molecular weight excluding hydrogens is 1300 g/mol. The van der Waals surface area contributed by atoms with Gasteiger partial charge < -0.3 is 43.9 Å². The number of hydrogen-bond donors (Lipinski definition) is 2. The van der Waals surface area contributed by atoms with Gasteiger partial charge in [-0.05, 0) is 260 Å². The number of nitrogens with zero attached hydrogens (tertiary/aromatic N) is 6. The predicted octanol–water partition coefficient (Wildman–Crippen LogP) is 18.7. The van der Waals surface area contributed by atoms with Gasteiger partial charge in [0.1, 0.15) is 16.8 Å². The molecule has 3 aromatic heterocycles. The molecule has 3 unspecified atom stereocenters. The van der Waals surface area contributed by atoms with E-state index >= 15 is 0 Å². The van der Waals surface area contributed by atoms with Gasteiger partial charge in [0.2, 0.25) is 0 Å². The largest absolute Gasteiger partial charge is 0.501 e. The summed E-state index contributed by atoms with van der Waals surface area (Å²) in [5.41, 5.74) is 14.6. The van der Waals surface area contributed by atoms with E-state index in [1.165, 1.54) is 16.7 Å². The standard InChI is InChI=1S/C28H33ClN2O3.C26H31ClN2O3.C25H29ClN2O3.CH4/c1-5-33-16-12-20-17-21-18-22(29)8-9-23(21)25(26-24(20)7-6-13-30-26)19-10-14-31(15-11-19)27(32)34-28(2,3)4;1-26(2,3)32-25(31)29-12-8-17(9-13-29)23-21-7-6-20(27)16-19(21)15-18(10-14-30)22-5-4-11-28-24(22)23;1-25(2,3)31-24(30)28-11-8-16(9-12-28)22-20-7-6-19(26)14-17(20)13-18(15-29)21-5-4-10-27-23(21)22;/h6-9,12-13,16-19,25H,5,10-11,14-15H2,1-4H3;4-7,11,15-17,23,30H,8-10,12-14H2,1-3H3;4-7,10,13-14,16,22,29H,8-9,11-12,15H2,1-3H3;1H4/b16-12+;;;. The molecule has 15 nitrogen and oxygen atoms in total. The molecule has 3 atom stereocenters. The molecule has 0 spiro atoms. The first-order valence-electron chi connectivity index (χ1n) is 34.1. The number of piperidine rings is 3. The molecular formula is C80H97Cl3N6O9. The maximum atomic E-state index is 12.6. The van der Waals surface area contributed by atoms with Gasteiger partial charge in [-0.2, -0.15) is 0 Å². The second-order valence-corrected chi connectivity index (χ2v) is 30.1. The highest BCUT2D eigenvalue weighted by molar-refractivity contribution is 6.31. The van der Waals surface area contributed by atoms with Crippen molar-refractivity contribution in [3.63, 3.8) is 0 Å². The van der Waals surface area contributed by atoms with Gasteiger partial charge in [0, 0.05) is 108 Å². The number of aliphatic hydroxyl groups is 2. The molecule has 3 aromatic carbocycles. The van der Waals surface area contributed by atoms with Gasteiger partial charge >= 0.3 is 18.3 Å². The van der Waals surface area contributed by atoms with Crippen molar-refractivity contribution in [2.45, 2.75) is 156 Å². The molecule has 522 valence electrons. The van der Waals surface area contributed by atoms with Crippen LogP contribution in [0.15, 0.2) is 122 Å². The van der Waals surface area contributed by atoms with Gasteiger partial charge in [-0.1, -0.05) is 84.7 Å². The minimum Gasteiger partial charge on any atom is -0.501 e. The maximum Gasteiger partial charge on any atom is 0.410 e. The predicted molar refractivity (Wildman–Crippen MR) is 394 cm³/mol. The second-order valence-electron chi connectivity index (χ2n) is 28.8. The zero-order valence-corrected chi connectivity index (χ0v) is 59.9. The number of carbonyl (C=O) groups excluding carboxylic acids is 3. The number of pyridine rings is 3. The summed E-state index contributed by atoms with van der Waals surface area (Å²) in [6, 6.07) is 30.2. The smallest absolute Gasteiger partial charge is 0.410 e. The van der Waals surface area contributed by atoms with Crippen molar-refractivity contribution in [2.75, 3.05) is 59.1 Å². The third-order valence-corrected chi connectivity index (χ3v) is 19.3. The van der Waals surface area contributed by atoms with Crippen LogP contribution in [0.3, 0.4) is 0 Å². The van der Waals surface area contributed by atoms with Gasteiger partial charge in [-0.25, -0.2) is 14.4 Å². The highest BCUT2D eigenvalue weighted by Gasteiger charge is 2.40. The van der Waals surface area contributed by atoms with Gasteiger partial charge in [0.15, 0.2) is 0 Å². The average Bonchev–Trinajstić information content (AvgIpc) is 1.71. The number of amides is 3. The molecule has 6 aliphatic rings. The molecule has 0 saturated carbocycles. The van der Waals surface area contributed by atoms with Crippen molar-refractivity contribution in [1.82, 2.24) is 29.7 Å². The number of hydrogen-bond acceptors (Lipinski definition) is 12. The zero-order chi connectivity index (χ0) is 69.3. The molecule has 18 heteroatoms. The summed E-state index contributed by atoms with van der Waals surface area (Å²) in [4.78, 5) is 57.6. The molecule has 6 heterocycles. The number of aliphatic hydroxyl groups excluding tert-OH is 2. The Hall–Kier alpha value is -7.53. The fourth-order valence-corrected chi connectivity index (χ4v) is 14.9. The lowest BCUT2D eigenvalue weighted by atomic mass is 9.76. The number of allylic oxidation sites excluding steroid dienone is 2. The maximum absolute atomic E-state index is 12.6. The molecule has 3 aliphatic carbocycles. The van der Waals surface area contributed by atoms with E-state index in [-0.39, 0.29) is 56.7 Å². The molecule has 3 saturated heterocycles. The third kappa shape index (κ3) is 18.5. The summed E-state index contributed by atoms with van der Waals surface area (Å²) in [5, 5.41) is 21.8. The number of benzene rings is 3. The van der Waals surface area contributed by atoms with Crippen LogP contribution in [0.2, 0.25) is 15.1 Å². The van der Waals surface area contributed by atoms with E-state index in [2.05, 4.69) is 42.5 Å². The fourth-order valence-electron chi connectivity index (χ4n) is 14.3. The van der Waals surface area contributed by atoms with Crippen LogP contribution in [0.25, 0.3) is 34.9 Å². The first-order valence-corrected chi connectivity index (χ1v) is 35.2. The average molecular weight is 1390 g/mol. The Bertz CT molecular complexity index is 3920. The lowest BCUT2D eigenvalue weighted by Crippen LogP contribution is -2.42. The zero-order valence-electron chi connectivity index (χ0n) is 57.6. The fraction of sp³-hybridized carbons (Fsp3) is 0.450. The number of aromatic nitrogens is 3. The van der Waals surface area contributed by atoms with Crippen molar-refractivity contribution in [1.29, 1.82) is 0 Å². The molecule has 12 rings (SSSR count). The van der Waals surface area contributed by atoms with Crippen LogP contribution in [0.1, 0.15) is 207 Å². The highest BCUT2D eigenvalue weighted by atomic mass is 35.5. The van der Waals surface area contributed by atoms with Crippen molar-refractivity contribution >= 4 is 88.0 Å². The molecule has 0 radical (unpaired) electrons. The monoisotopic (exact) mass is 1390 g/mol. The number of halogens is 3. The lowest BCUT2D eigenvalue weighted by molar-refractivity contribution is 0.0167. The number of fused-ring (bicyclic) bond motifs is 6. The molecule has 2 N–H and O–H groups in total. The quantitative estimate of drug-likeness (QED) is 0.104. The Labute approximate surface area is 594 Å². The Kier molecular flexibility index (Phi) is 24.9. The minimum atomic E-state index is -0.497. The second kappa shape index (κ2) is 32.6. The van der Waals surface area contributed by atoms with Crippen LogP contribution in [-0.2, 0) is 18.9 Å². The molecule has 0 bridgehead atoms. The van der Waals surface area contributed by atoms with Crippen LogP contribution in [0, 0.1) is 17.8 Å². The van der Waals surface area contributed by atoms with Crippen molar-refractivity contribution in [3.05, 3.63) is 204 Å². The SMILES string of the molecule is C.CC(C)(C)OC(=O)N1CCC(C2c3ccc(Cl)cc3C=C(CCO)c3cccnc32)CC1.CC(C)(C)OC(=O)N1CCC(C2c3ccc(Cl)cc3C=C(CO)c3cccnc32)CC1.CCO/C=C/C1=Cc2cc(Cl)ccc2C(C2CCN(C(=O)OC(C)(C)C)CC2)c2ncccc21. The van der Waals surface area contributed by atoms with Crippen LogP contribution in [0.5, 0.6) is 0 Å². The van der Waals surface area contributed by atoms with Crippen molar-refractivity contribution in [2.24, 2.45) is 17.8 Å². The van der Waals surface area contributed by atoms with Crippen molar-refractivity contribution < 1.29 is 43.5 Å².